The van der Waals surface area contributed by atoms with Gasteiger partial charge >= 0.3 is 0 Å². The van der Waals surface area contributed by atoms with E-state index in [9.17, 15) is 5.11 Å². The van der Waals surface area contributed by atoms with Crippen LogP contribution in [0.3, 0.4) is 0 Å². The lowest BCUT2D eigenvalue weighted by Gasteiger charge is -2.13. The molecule has 0 saturated carbocycles. The fraction of sp³-hybridized carbons (Fsp3) is 0.571. The van der Waals surface area contributed by atoms with Crippen LogP contribution >= 0.6 is 0 Å². The smallest absolute Gasteiger partial charge is 0.119 e. The number of rotatable bonds is 8. The van der Waals surface area contributed by atoms with Gasteiger partial charge in [0.15, 0.2) is 0 Å². The van der Waals surface area contributed by atoms with Crippen LogP contribution < -0.4 is 10.5 Å². The standard InChI is InChI=1S/C14H23NO3/c1-3-14(15)11-5-7-13(8-6-11)18-10-12(16)9-17-4-2/h5-8,12,14,16H,3-4,9-10,15H2,1-2H3/t12?,14-/m0/s1. The molecule has 0 aliphatic rings. The maximum absolute atomic E-state index is 9.55. The molecule has 4 nitrogen and oxygen atoms in total. The van der Waals surface area contributed by atoms with Crippen LogP contribution in [0.5, 0.6) is 5.75 Å². The number of ether oxygens (including phenoxy) is 2. The molecular formula is C14H23NO3. The molecule has 1 aromatic carbocycles. The van der Waals surface area contributed by atoms with Crippen LogP contribution in [0.25, 0.3) is 0 Å². The Morgan fingerprint density at radius 2 is 1.83 bits per heavy atom. The van der Waals surface area contributed by atoms with Crippen molar-refractivity contribution < 1.29 is 14.6 Å². The fourth-order valence-electron chi connectivity index (χ4n) is 1.54. The average Bonchev–Trinajstić information content (AvgIpc) is 2.42. The number of benzene rings is 1. The molecule has 1 rings (SSSR count). The molecule has 0 spiro atoms. The van der Waals surface area contributed by atoms with E-state index in [0.717, 1.165) is 17.7 Å². The highest BCUT2D eigenvalue weighted by Crippen LogP contribution is 2.18. The summed E-state index contributed by atoms with van der Waals surface area (Å²) in [4.78, 5) is 0. The Kier molecular flexibility index (Phi) is 6.72. The molecule has 1 aromatic rings. The van der Waals surface area contributed by atoms with Gasteiger partial charge in [-0.2, -0.15) is 0 Å². The second-order valence-corrected chi connectivity index (χ2v) is 4.21. The Balaban J connectivity index is 2.39. The number of aliphatic hydroxyl groups is 1. The predicted molar refractivity (Wildman–Crippen MR) is 71.7 cm³/mol. The molecular weight excluding hydrogens is 230 g/mol. The van der Waals surface area contributed by atoms with E-state index >= 15 is 0 Å². The third kappa shape index (κ3) is 5.04. The highest BCUT2D eigenvalue weighted by molar-refractivity contribution is 5.28. The minimum Gasteiger partial charge on any atom is -0.491 e. The Labute approximate surface area is 109 Å². The molecule has 0 radical (unpaired) electrons. The zero-order chi connectivity index (χ0) is 13.4. The summed E-state index contributed by atoms with van der Waals surface area (Å²) < 4.78 is 10.6. The number of hydrogen-bond donors (Lipinski definition) is 2. The molecule has 0 saturated heterocycles. The minimum atomic E-state index is -0.595. The van der Waals surface area contributed by atoms with Crippen molar-refractivity contribution in [3.05, 3.63) is 29.8 Å². The van der Waals surface area contributed by atoms with E-state index in [0.29, 0.717) is 13.2 Å². The molecule has 0 aliphatic carbocycles. The van der Waals surface area contributed by atoms with E-state index in [1.54, 1.807) is 0 Å². The van der Waals surface area contributed by atoms with Crippen molar-refractivity contribution in [2.45, 2.75) is 32.4 Å². The quantitative estimate of drug-likeness (QED) is 0.742. The fourth-order valence-corrected chi connectivity index (χ4v) is 1.54. The van der Waals surface area contributed by atoms with Crippen molar-refractivity contribution in [2.75, 3.05) is 19.8 Å². The molecule has 2 atom stereocenters. The van der Waals surface area contributed by atoms with Gasteiger partial charge in [-0.05, 0) is 31.0 Å². The number of hydrogen-bond acceptors (Lipinski definition) is 4. The zero-order valence-electron chi connectivity index (χ0n) is 11.1. The summed E-state index contributed by atoms with van der Waals surface area (Å²) in [6.07, 6.45) is 0.315. The van der Waals surface area contributed by atoms with Gasteiger partial charge in [-0.15, -0.1) is 0 Å². The number of aliphatic hydroxyl groups excluding tert-OH is 1. The van der Waals surface area contributed by atoms with E-state index in [1.165, 1.54) is 0 Å². The second-order valence-electron chi connectivity index (χ2n) is 4.21. The summed E-state index contributed by atoms with van der Waals surface area (Å²) >= 11 is 0. The van der Waals surface area contributed by atoms with Crippen molar-refractivity contribution in [1.82, 2.24) is 0 Å². The van der Waals surface area contributed by atoms with Crippen molar-refractivity contribution in [3.63, 3.8) is 0 Å². The second kappa shape index (κ2) is 8.08. The Bertz CT molecular complexity index is 326. The first-order valence-electron chi connectivity index (χ1n) is 6.41. The van der Waals surface area contributed by atoms with Crippen molar-refractivity contribution in [3.8, 4) is 5.75 Å². The minimum absolute atomic E-state index is 0.0718. The molecule has 0 aromatic heterocycles. The van der Waals surface area contributed by atoms with E-state index in [-0.39, 0.29) is 12.6 Å². The van der Waals surface area contributed by atoms with E-state index in [2.05, 4.69) is 6.92 Å². The van der Waals surface area contributed by atoms with Gasteiger partial charge < -0.3 is 20.3 Å². The molecule has 102 valence electrons. The first kappa shape index (κ1) is 15.0. The van der Waals surface area contributed by atoms with Gasteiger partial charge in [-0.3, -0.25) is 0 Å². The summed E-state index contributed by atoms with van der Waals surface area (Å²) in [6.45, 7) is 5.08. The van der Waals surface area contributed by atoms with Crippen LogP contribution in [0.4, 0.5) is 0 Å². The Hall–Kier alpha value is -1.10. The van der Waals surface area contributed by atoms with Gasteiger partial charge in [0.05, 0.1) is 6.61 Å². The van der Waals surface area contributed by atoms with Crippen LogP contribution in [0.1, 0.15) is 31.9 Å². The summed E-state index contributed by atoms with van der Waals surface area (Å²) in [7, 11) is 0. The van der Waals surface area contributed by atoms with Gasteiger partial charge in [-0.25, -0.2) is 0 Å². The monoisotopic (exact) mass is 253 g/mol. The van der Waals surface area contributed by atoms with Gasteiger partial charge in [0.2, 0.25) is 0 Å². The molecule has 0 aliphatic heterocycles. The third-order valence-corrected chi connectivity index (χ3v) is 2.70. The van der Waals surface area contributed by atoms with Crippen molar-refractivity contribution in [2.24, 2.45) is 5.73 Å². The molecule has 18 heavy (non-hydrogen) atoms. The van der Waals surface area contributed by atoms with Crippen LogP contribution in [0.2, 0.25) is 0 Å². The maximum atomic E-state index is 9.55. The molecule has 0 heterocycles. The highest BCUT2D eigenvalue weighted by atomic mass is 16.5. The molecule has 3 N–H and O–H groups in total. The summed E-state index contributed by atoms with van der Waals surface area (Å²) in [5.74, 6) is 0.734. The lowest BCUT2D eigenvalue weighted by Crippen LogP contribution is -2.23. The highest BCUT2D eigenvalue weighted by Gasteiger charge is 2.06. The zero-order valence-corrected chi connectivity index (χ0v) is 11.1. The summed E-state index contributed by atoms with van der Waals surface area (Å²) in [5.41, 5.74) is 7.02. The van der Waals surface area contributed by atoms with Gasteiger partial charge in [0, 0.05) is 12.6 Å². The van der Waals surface area contributed by atoms with Crippen molar-refractivity contribution >= 4 is 0 Å². The summed E-state index contributed by atoms with van der Waals surface area (Å²) in [6, 6.07) is 7.73. The topological polar surface area (TPSA) is 64.7 Å². The van der Waals surface area contributed by atoms with Gasteiger partial charge in [0.1, 0.15) is 18.5 Å². The lowest BCUT2D eigenvalue weighted by atomic mass is 10.1. The van der Waals surface area contributed by atoms with Crippen LogP contribution in [-0.2, 0) is 4.74 Å². The van der Waals surface area contributed by atoms with E-state index in [4.69, 9.17) is 15.2 Å². The molecule has 0 fully saturated rings. The molecule has 1 unspecified atom stereocenters. The SMILES string of the molecule is CCOCC(O)COc1ccc([C@@H](N)CC)cc1. The first-order valence-corrected chi connectivity index (χ1v) is 6.41. The lowest BCUT2D eigenvalue weighted by molar-refractivity contribution is 0.0164. The average molecular weight is 253 g/mol. The van der Waals surface area contributed by atoms with Gasteiger partial charge in [-0.1, -0.05) is 19.1 Å². The van der Waals surface area contributed by atoms with E-state index < -0.39 is 6.10 Å². The molecule has 4 heteroatoms. The Morgan fingerprint density at radius 3 is 2.39 bits per heavy atom. The third-order valence-electron chi connectivity index (χ3n) is 2.70. The van der Waals surface area contributed by atoms with Gasteiger partial charge in [0.25, 0.3) is 0 Å². The molecule has 0 amide bonds. The first-order chi connectivity index (χ1) is 8.67. The van der Waals surface area contributed by atoms with Crippen LogP contribution in [0.15, 0.2) is 24.3 Å². The number of nitrogens with two attached hydrogens (primary N) is 1. The normalized spacial score (nSPS) is 14.2. The largest absolute Gasteiger partial charge is 0.491 e. The maximum Gasteiger partial charge on any atom is 0.119 e. The predicted octanol–water partition coefficient (Wildman–Crippen LogP) is 1.87. The van der Waals surface area contributed by atoms with Crippen molar-refractivity contribution in [1.29, 1.82) is 0 Å². The van der Waals surface area contributed by atoms with Crippen LogP contribution in [-0.4, -0.2) is 31.0 Å². The van der Waals surface area contributed by atoms with Crippen LogP contribution in [0, 0.1) is 0 Å². The Morgan fingerprint density at radius 1 is 1.17 bits per heavy atom. The summed E-state index contributed by atoms with van der Waals surface area (Å²) in [5, 5.41) is 9.55. The molecule has 0 bridgehead atoms. The van der Waals surface area contributed by atoms with E-state index in [1.807, 2.05) is 31.2 Å².